The van der Waals surface area contributed by atoms with Crippen LogP contribution in [0.1, 0.15) is 20.8 Å². The highest BCUT2D eigenvalue weighted by Crippen LogP contribution is 2.25. The molecule has 0 aliphatic rings. The number of halogens is 1. The van der Waals surface area contributed by atoms with E-state index in [0.717, 1.165) is 20.9 Å². The van der Waals surface area contributed by atoms with Crippen molar-refractivity contribution in [2.45, 2.75) is 31.2 Å². The van der Waals surface area contributed by atoms with Crippen LogP contribution in [-0.4, -0.2) is 27.7 Å². The number of thioether (sulfide) groups is 1. The Morgan fingerprint density at radius 2 is 2.00 bits per heavy atom. The van der Waals surface area contributed by atoms with Crippen LogP contribution in [0.25, 0.3) is 11.3 Å². The van der Waals surface area contributed by atoms with E-state index < -0.39 is 0 Å². The molecule has 0 fully saturated rings. The van der Waals surface area contributed by atoms with E-state index in [-0.39, 0.29) is 11.2 Å². The second-order valence-electron chi connectivity index (χ2n) is 5.51. The highest BCUT2D eigenvalue weighted by Gasteiger charge is 2.16. The first-order valence-corrected chi connectivity index (χ1v) is 8.88. The Labute approximate surface area is 143 Å². The lowest BCUT2D eigenvalue weighted by molar-refractivity contribution is -0.120. The fraction of sp³-hybridized carbons (Fsp3) is 0.375. The first-order valence-electron chi connectivity index (χ1n) is 7.21. The van der Waals surface area contributed by atoms with Gasteiger partial charge in [-0.25, -0.2) is 4.98 Å². The van der Waals surface area contributed by atoms with Gasteiger partial charge in [0.1, 0.15) is 0 Å². The molecule has 1 amide bonds. The Kier molecular flexibility index (Phi) is 6.08. The number of rotatable bonds is 6. The Morgan fingerprint density at radius 3 is 2.64 bits per heavy atom. The Balaban J connectivity index is 1.96. The van der Waals surface area contributed by atoms with Gasteiger partial charge in [-0.3, -0.25) is 4.79 Å². The maximum atomic E-state index is 12.0. The Hall–Kier alpha value is -1.27. The van der Waals surface area contributed by atoms with Crippen LogP contribution in [0.5, 0.6) is 0 Å². The van der Waals surface area contributed by atoms with E-state index in [1.807, 2.05) is 31.2 Å². The van der Waals surface area contributed by atoms with Crippen molar-refractivity contribution in [1.82, 2.24) is 15.3 Å². The molecule has 0 spiro atoms. The molecule has 118 valence electrons. The van der Waals surface area contributed by atoms with Crippen LogP contribution in [0.2, 0.25) is 0 Å². The van der Waals surface area contributed by atoms with Crippen molar-refractivity contribution in [3.8, 4) is 11.3 Å². The zero-order valence-electron chi connectivity index (χ0n) is 12.9. The van der Waals surface area contributed by atoms with Gasteiger partial charge in [-0.2, -0.15) is 0 Å². The van der Waals surface area contributed by atoms with Crippen molar-refractivity contribution in [3.05, 3.63) is 34.9 Å². The Morgan fingerprint density at radius 1 is 1.32 bits per heavy atom. The van der Waals surface area contributed by atoms with Crippen LogP contribution in [0, 0.1) is 5.92 Å². The first kappa shape index (κ1) is 17.1. The predicted octanol–water partition coefficient (Wildman–Crippen LogP) is 4.09. The van der Waals surface area contributed by atoms with Gasteiger partial charge in [0.15, 0.2) is 5.16 Å². The van der Waals surface area contributed by atoms with Gasteiger partial charge in [-0.15, -0.1) is 0 Å². The fourth-order valence-corrected chi connectivity index (χ4v) is 2.88. The third-order valence-corrected chi connectivity index (χ3v) is 4.58. The molecule has 0 saturated carbocycles. The van der Waals surface area contributed by atoms with E-state index in [9.17, 15) is 4.79 Å². The number of hydrogen-bond donors (Lipinski definition) is 2. The number of amides is 1. The van der Waals surface area contributed by atoms with Crippen molar-refractivity contribution in [2.24, 2.45) is 5.92 Å². The van der Waals surface area contributed by atoms with Gasteiger partial charge in [0, 0.05) is 11.0 Å². The second kappa shape index (κ2) is 7.83. The quantitative estimate of drug-likeness (QED) is 0.740. The van der Waals surface area contributed by atoms with Gasteiger partial charge < -0.3 is 10.3 Å². The SMILES string of the molecule is CC(C)CNC(=O)C(C)Sc1ncc(-c2ccc(Br)cc2)[nH]1. The number of hydrogen-bond acceptors (Lipinski definition) is 3. The van der Waals surface area contributed by atoms with Crippen LogP contribution in [0.15, 0.2) is 40.1 Å². The largest absolute Gasteiger partial charge is 0.355 e. The summed E-state index contributed by atoms with van der Waals surface area (Å²) in [5.74, 6) is 0.495. The van der Waals surface area contributed by atoms with Crippen molar-refractivity contribution >= 4 is 33.6 Å². The summed E-state index contributed by atoms with van der Waals surface area (Å²) >= 11 is 4.86. The summed E-state index contributed by atoms with van der Waals surface area (Å²) in [4.78, 5) is 19.6. The molecule has 2 N–H and O–H groups in total. The number of H-pyrrole nitrogens is 1. The standard InChI is InChI=1S/C16H20BrN3OS/c1-10(2)8-18-15(21)11(3)22-16-19-9-14(20-16)12-4-6-13(17)7-5-12/h4-7,9-11H,8H2,1-3H3,(H,18,21)(H,19,20). The number of aromatic amines is 1. The van der Waals surface area contributed by atoms with E-state index in [4.69, 9.17) is 0 Å². The van der Waals surface area contributed by atoms with Crippen molar-refractivity contribution < 1.29 is 4.79 Å². The molecule has 0 bridgehead atoms. The summed E-state index contributed by atoms with van der Waals surface area (Å²) in [7, 11) is 0. The van der Waals surface area contributed by atoms with Crippen LogP contribution < -0.4 is 5.32 Å². The average molecular weight is 382 g/mol. The third kappa shape index (κ3) is 4.88. The van der Waals surface area contributed by atoms with Gasteiger partial charge >= 0.3 is 0 Å². The topological polar surface area (TPSA) is 57.8 Å². The van der Waals surface area contributed by atoms with Crippen LogP contribution in [0.4, 0.5) is 0 Å². The molecule has 1 atom stereocenters. The smallest absolute Gasteiger partial charge is 0.233 e. The summed E-state index contributed by atoms with van der Waals surface area (Å²) in [5.41, 5.74) is 2.02. The number of imidazole rings is 1. The normalized spacial score (nSPS) is 12.4. The fourth-order valence-electron chi connectivity index (χ4n) is 1.81. The van der Waals surface area contributed by atoms with Crippen LogP contribution in [-0.2, 0) is 4.79 Å². The number of nitrogens with one attached hydrogen (secondary N) is 2. The molecule has 4 nitrogen and oxygen atoms in total. The molecule has 6 heteroatoms. The van der Waals surface area contributed by atoms with Crippen LogP contribution >= 0.6 is 27.7 Å². The van der Waals surface area contributed by atoms with Crippen molar-refractivity contribution in [2.75, 3.05) is 6.54 Å². The van der Waals surface area contributed by atoms with Gasteiger partial charge in [0.2, 0.25) is 5.91 Å². The Bertz CT molecular complexity index is 625. The van der Waals surface area contributed by atoms with Gasteiger partial charge in [-0.05, 0) is 30.5 Å². The maximum Gasteiger partial charge on any atom is 0.233 e. The first-order chi connectivity index (χ1) is 10.5. The van der Waals surface area contributed by atoms with E-state index in [2.05, 4.69) is 45.1 Å². The lowest BCUT2D eigenvalue weighted by atomic mass is 10.2. The lowest BCUT2D eigenvalue weighted by Gasteiger charge is -2.11. The third-order valence-electron chi connectivity index (χ3n) is 3.05. The van der Waals surface area contributed by atoms with E-state index in [1.54, 1.807) is 6.20 Å². The number of carbonyl (C=O) groups is 1. The van der Waals surface area contributed by atoms with Gasteiger partial charge in [-0.1, -0.05) is 53.7 Å². The van der Waals surface area contributed by atoms with Gasteiger partial charge in [0.05, 0.1) is 17.1 Å². The molecule has 2 aromatic rings. The minimum Gasteiger partial charge on any atom is -0.355 e. The zero-order valence-corrected chi connectivity index (χ0v) is 15.3. The molecule has 0 aliphatic carbocycles. The van der Waals surface area contributed by atoms with E-state index in [1.165, 1.54) is 11.8 Å². The molecule has 2 rings (SSSR count). The second-order valence-corrected chi connectivity index (χ2v) is 7.75. The summed E-state index contributed by atoms with van der Waals surface area (Å²) < 4.78 is 1.04. The molecule has 1 heterocycles. The highest BCUT2D eigenvalue weighted by atomic mass is 79.9. The number of carbonyl (C=O) groups excluding carboxylic acids is 1. The average Bonchev–Trinajstić information content (AvgIpc) is 2.93. The van der Waals surface area contributed by atoms with Crippen molar-refractivity contribution in [3.63, 3.8) is 0 Å². The van der Waals surface area contributed by atoms with E-state index in [0.29, 0.717) is 12.5 Å². The molecule has 0 saturated heterocycles. The predicted molar refractivity (Wildman–Crippen MR) is 94.9 cm³/mol. The molecule has 1 aromatic heterocycles. The summed E-state index contributed by atoms with van der Waals surface area (Å²) in [6.07, 6.45) is 1.80. The van der Waals surface area contributed by atoms with E-state index >= 15 is 0 Å². The van der Waals surface area contributed by atoms with Crippen LogP contribution in [0.3, 0.4) is 0 Å². The minimum atomic E-state index is -0.178. The lowest BCUT2D eigenvalue weighted by Crippen LogP contribution is -2.33. The zero-order chi connectivity index (χ0) is 16.1. The minimum absolute atomic E-state index is 0.0419. The number of nitrogens with zero attached hydrogens (tertiary/aromatic N) is 1. The number of benzene rings is 1. The monoisotopic (exact) mass is 381 g/mol. The summed E-state index contributed by atoms with van der Waals surface area (Å²) in [6, 6.07) is 8.02. The number of aromatic nitrogens is 2. The van der Waals surface area contributed by atoms with Gasteiger partial charge in [0.25, 0.3) is 0 Å². The molecule has 22 heavy (non-hydrogen) atoms. The van der Waals surface area contributed by atoms with Crippen molar-refractivity contribution in [1.29, 1.82) is 0 Å². The molecule has 0 aliphatic heterocycles. The maximum absolute atomic E-state index is 12.0. The molecule has 1 unspecified atom stereocenters. The molecule has 0 radical (unpaired) electrons. The molecule has 1 aromatic carbocycles. The molecular formula is C16H20BrN3OS. The summed E-state index contributed by atoms with van der Waals surface area (Å²) in [6.45, 7) is 6.75. The molecular weight excluding hydrogens is 362 g/mol. The summed E-state index contributed by atoms with van der Waals surface area (Å²) in [5, 5.41) is 3.52. The highest BCUT2D eigenvalue weighted by molar-refractivity contribution is 9.10.